The highest BCUT2D eigenvalue weighted by Gasteiger charge is 2.04. The predicted octanol–water partition coefficient (Wildman–Crippen LogP) is 6.21. The van der Waals surface area contributed by atoms with Crippen LogP contribution in [-0.4, -0.2) is 0 Å². The summed E-state index contributed by atoms with van der Waals surface area (Å²) >= 11 is 0. The number of hydrogen-bond donors (Lipinski definition) is 1. The van der Waals surface area contributed by atoms with Gasteiger partial charge in [-0.25, -0.2) is 0 Å². The van der Waals surface area contributed by atoms with Gasteiger partial charge in [0.1, 0.15) is 0 Å². The van der Waals surface area contributed by atoms with Crippen LogP contribution in [0.3, 0.4) is 0 Å². The van der Waals surface area contributed by atoms with Gasteiger partial charge in [0.15, 0.2) is 0 Å². The van der Waals surface area contributed by atoms with Crippen molar-refractivity contribution < 1.29 is 0 Å². The largest absolute Gasteiger partial charge is 0.359 e. The molecule has 0 heterocycles. The zero-order chi connectivity index (χ0) is 16.4. The molecule has 0 aromatic heterocycles. The monoisotopic (exact) mass is 285 g/mol. The summed E-state index contributed by atoms with van der Waals surface area (Å²) in [5.74, 6) is 0. The number of allylic oxidation sites excluding steroid dienone is 8. The van der Waals surface area contributed by atoms with Crippen molar-refractivity contribution in [2.24, 2.45) is 0 Å². The summed E-state index contributed by atoms with van der Waals surface area (Å²) in [4.78, 5) is 0. The minimum absolute atomic E-state index is 0.902. The van der Waals surface area contributed by atoms with Gasteiger partial charge in [0.2, 0.25) is 0 Å². The first kappa shape index (κ1) is 19.2. The average molecular weight is 285 g/mol. The molecular formula is C20H31N. The minimum Gasteiger partial charge on any atom is -0.359 e. The Labute approximate surface area is 131 Å². The van der Waals surface area contributed by atoms with E-state index in [1.807, 2.05) is 12.2 Å². The summed E-state index contributed by atoms with van der Waals surface area (Å²) < 4.78 is 0. The van der Waals surface area contributed by atoms with Crippen LogP contribution in [0.2, 0.25) is 0 Å². The van der Waals surface area contributed by atoms with E-state index >= 15 is 0 Å². The van der Waals surface area contributed by atoms with Crippen LogP contribution in [0.4, 0.5) is 0 Å². The molecular weight excluding hydrogens is 254 g/mol. The third-order valence-corrected chi connectivity index (χ3v) is 3.37. The van der Waals surface area contributed by atoms with Crippen molar-refractivity contribution in [2.75, 3.05) is 0 Å². The summed E-state index contributed by atoms with van der Waals surface area (Å²) in [6.07, 6.45) is 8.86. The molecule has 116 valence electrons. The topological polar surface area (TPSA) is 12.0 Å². The molecule has 0 saturated heterocycles. The van der Waals surface area contributed by atoms with Gasteiger partial charge in [0.25, 0.3) is 0 Å². The second-order valence-corrected chi connectivity index (χ2v) is 5.69. The van der Waals surface area contributed by atoms with E-state index in [0.717, 1.165) is 36.2 Å². The molecule has 0 radical (unpaired) electrons. The number of nitrogens with one attached hydrogen (secondary N) is 1. The van der Waals surface area contributed by atoms with Crippen molar-refractivity contribution in [1.82, 2.24) is 5.32 Å². The molecule has 0 spiro atoms. The third kappa shape index (κ3) is 8.19. The number of rotatable bonds is 9. The van der Waals surface area contributed by atoms with Crippen LogP contribution in [0.5, 0.6) is 0 Å². The van der Waals surface area contributed by atoms with E-state index in [9.17, 15) is 0 Å². The highest BCUT2D eigenvalue weighted by molar-refractivity contribution is 5.32. The number of hydrogen-bond acceptors (Lipinski definition) is 1. The van der Waals surface area contributed by atoms with Gasteiger partial charge in [-0.3, -0.25) is 0 Å². The fourth-order valence-corrected chi connectivity index (χ4v) is 1.96. The van der Waals surface area contributed by atoms with Gasteiger partial charge >= 0.3 is 0 Å². The van der Waals surface area contributed by atoms with Gasteiger partial charge < -0.3 is 5.32 Å². The molecule has 0 saturated carbocycles. The molecule has 0 aliphatic rings. The van der Waals surface area contributed by atoms with E-state index in [4.69, 9.17) is 0 Å². The molecule has 1 N–H and O–H groups in total. The maximum absolute atomic E-state index is 4.11. The van der Waals surface area contributed by atoms with Crippen molar-refractivity contribution in [2.45, 2.75) is 53.9 Å². The van der Waals surface area contributed by atoms with Gasteiger partial charge in [-0.1, -0.05) is 49.5 Å². The smallest absolute Gasteiger partial charge is 0.0375 e. The second-order valence-electron chi connectivity index (χ2n) is 5.69. The zero-order valence-corrected chi connectivity index (χ0v) is 14.5. The highest BCUT2D eigenvalue weighted by atomic mass is 14.9. The lowest BCUT2D eigenvalue weighted by atomic mass is 9.96. The Kier molecular flexibility index (Phi) is 9.20. The average Bonchev–Trinajstić information content (AvgIpc) is 2.42. The van der Waals surface area contributed by atoms with E-state index in [2.05, 4.69) is 65.7 Å². The molecule has 0 aliphatic heterocycles. The fraction of sp³-hybridized carbons (Fsp3) is 0.400. The molecule has 0 aromatic carbocycles. The van der Waals surface area contributed by atoms with Crippen molar-refractivity contribution in [3.8, 4) is 0 Å². The van der Waals surface area contributed by atoms with Gasteiger partial charge in [0, 0.05) is 11.4 Å². The lowest BCUT2D eigenvalue weighted by Crippen LogP contribution is -2.10. The molecule has 0 rings (SSSR count). The van der Waals surface area contributed by atoms with Crippen LogP contribution in [0.15, 0.2) is 71.7 Å². The molecule has 21 heavy (non-hydrogen) atoms. The van der Waals surface area contributed by atoms with Crippen LogP contribution in [0, 0.1) is 0 Å². The van der Waals surface area contributed by atoms with Crippen molar-refractivity contribution in [1.29, 1.82) is 0 Å². The summed E-state index contributed by atoms with van der Waals surface area (Å²) in [5.41, 5.74) is 7.19. The van der Waals surface area contributed by atoms with Gasteiger partial charge in [0.05, 0.1) is 0 Å². The standard InChI is InChI=1S/C20H31N/c1-9-17(7)20(16(5)6)14-12-18(8)21-19(10-2)13-11-15(3)4/h10-11,13,21H,2,5,8-9,12,14H2,1,3-4,6-7H3/b19-13+,20-17+. The quantitative estimate of drug-likeness (QED) is 0.497. The first-order valence-corrected chi connectivity index (χ1v) is 7.58. The van der Waals surface area contributed by atoms with E-state index < -0.39 is 0 Å². The Morgan fingerprint density at radius 2 is 1.62 bits per heavy atom. The van der Waals surface area contributed by atoms with Crippen LogP contribution in [-0.2, 0) is 0 Å². The molecule has 0 bridgehead atoms. The van der Waals surface area contributed by atoms with E-state index in [1.54, 1.807) is 0 Å². The molecule has 1 heteroatoms. The first-order valence-electron chi connectivity index (χ1n) is 7.58. The van der Waals surface area contributed by atoms with Crippen LogP contribution >= 0.6 is 0 Å². The SMILES string of the molecule is C=C/C(=C\C=C(C)C)NC(=C)CC/C(C(=C)C)=C(/C)CC. The Balaban J connectivity index is 4.71. The van der Waals surface area contributed by atoms with Crippen LogP contribution < -0.4 is 5.32 Å². The normalized spacial score (nSPS) is 12.3. The lowest BCUT2D eigenvalue weighted by molar-refractivity contribution is 0.833. The Morgan fingerprint density at radius 3 is 2.05 bits per heavy atom. The predicted molar refractivity (Wildman–Crippen MR) is 97.0 cm³/mol. The molecule has 0 atom stereocenters. The minimum atomic E-state index is 0.902. The van der Waals surface area contributed by atoms with Crippen LogP contribution in [0.1, 0.15) is 53.9 Å². The summed E-state index contributed by atoms with van der Waals surface area (Å²) in [5, 5.41) is 3.32. The molecule has 0 unspecified atom stereocenters. The Morgan fingerprint density at radius 1 is 1.00 bits per heavy atom. The second kappa shape index (κ2) is 10.0. The van der Waals surface area contributed by atoms with Gasteiger partial charge in [-0.05, 0) is 64.7 Å². The third-order valence-electron chi connectivity index (χ3n) is 3.37. The molecule has 1 nitrogen and oxygen atoms in total. The molecule has 0 fully saturated rings. The maximum Gasteiger partial charge on any atom is 0.0375 e. The zero-order valence-electron chi connectivity index (χ0n) is 14.5. The first-order chi connectivity index (χ1) is 9.81. The van der Waals surface area contributed by atoms with Crippen LogP contribution in [0.25, 0.3) is 0 Å². The van der Waals surface area contributed by atoms with Gasteiger partial charge in [-0.2, -0.15) is 0 Å². The van der Waals surface area contributed by atoms with E-state index in [-0.39, 0.29) is 0 Å². The Hall–Kier alpha value is -1.76. The fourth-order valence-electron chi connectivity index (χ4n) is 1.96. The van der Waals surface area contributed by atoms with Gasteiger partial charge in [-0.15, -0.1) is 0 Å². The van der Waals surface area contributed by atoms with E-state index in [0.29, 0.717) is 0 Å². The Bertz CT molecular complexity index is 480. The van der Waals surface area contributed by atoms with Crippen molar-refractivity contribution in [3.05, 3.63) is 71.7 Å². The lowest BCUT2D eigenvalue weighted by Gasteiger charge is -2.14. The van der Waals surface area contributed by atoms with E-state index in [1.165, 1.54) is 16.7 Å². The van der Waals surface area contributed by atoms with Crippen molar-refractivity contribution in [3.63, 3.8) is 0 Å². The summed E-state index contributed by atoms with van der Waals surface area (Å²) in [6.45, 7) is 22.6. The summed E-state index contributed by atoms with van der Waals surface area (Å²) in [7, 11) is 0. The molecule has 0 aliphatic carbocycles. The molecule has 0 aromatic rings. The summed E-state index contributed by atoms with van der Waals surface area (Å²) in [6, 6.07) is 0. The highest BCUT2D eigenvalue weighted by Crippen LogP contribution is 2.22. The van der Waals surface area contributed by atoms with Crippen molar-refractivity contribution >= 4 is 0 Å². The molecule has 0 amide bonds. The maximum atomic E-state index is 4.11.